The first-order valence-corrected chi connectivity index (χ1v) is 8.30. The summed E-state index contributed by atoms with van der Waals surface area (Å²) in [6.07, 6.45) is -5.63. The number of aryl methyl sites for hydroxylation is 1. The van der Waals surface area contributed by atoms with Gasteiger partial charge in [0.2, 0.25) is 5.91 Å². The average Bonchev–Trinajstić information content (AvgIpc) is 2.87. The molecule has 6 nitrogen and oxygen atoms in total. The van der Waals surface area contributed by atoms with Gasteiger partial charge >= 0.3 is 12.2 Å². The lowest BCUT2D eigenvalue weighted by atomic mass is 10.1. The van der Waals surface area contributed by atoms with Gasteiger partial charge in [-0.15, -0.1) is 0 Å². The Labute approximate surface area is 158 Å². The lowest BCUT2D eigenvalue weighted by Crippen LogP contribution is -2.69. The first-order valence-electron chi connectivity index (χ1n) is 8.30. The van der Waals surface area contributed by atoms with Crippen molar-refractivity contribution in [2.24, 2.45) is 0 Å². The zero-order valence-electron chi connectivity index (χ0n) is 14.7. The molecule has 4 amide bonds. The van der Waals surface area contributed by atoms with Crippen LogP contribution in [0.25, 0.3) is 0 Å². The number of nitrogens with zero attached hydrogens (tertiary/aromatic N) is 1. The predicted octanol–water partition coefficient (Wildman–Crippen LogP) is 2.67. The third-order valence-corrected chi connectivity index (χ3v) is 4.34. The molecule has 9 heteroatoms. The number of nitrogens with one attached hydrogen (secondary N) is 2. The monoisotopic (exact) mass is 391 g/mol. The maximum atomic E-state index is 13.9. The third-order valence-electron chi connectivity index (χ3n) is 4.34. The highest BCUT2D eigenvalue weighted by Crippen LogP contribution is 2.36. The van der Waals surface area contributed by atoms with Gasteiger partial charge in [0, 0.05) is 0 Å². The molecule has 1 atom stereocenters. The molecule has 1 aliphatic rings. The molecule has 0 unspecified atom stereocenters. The maximum absolute atomic E-state index is 13.9. The van der Waals surface area contributed by atoms with E-state index in [1.54, 1.807) is 60.0 Å². The number of anilines is 1. The number of halogens is 3. The molecule has 2 N–H and O–H groups in total. The Balaban J connectivity index is 1.94. The van der Waals surface area contributed by atoms with E-state index >= 15 is 0 Å². The molecule has 28 heavy (non-hydrogen) atoms. The predicted molar refractivity (Wildman–Crippen MR) is 94.3 cm³/mol. The summed E-state index contributed by atoms with van der Waals surface area (Å²) in [6, 6.07) is 12.8. The van der Waals surface area contributed by atoms with Crippen LogP contribution >= 0.6 is 0 Å². The van der Waals surface area contributed by atoms with Gasteiger partial charge < -0.3 is 5.32 Å². The van der Waals surface area contributed by atoms with Crippen LogP contribution in [-0.2, 0) is 16.0 Å². The van der Waals surface area contributed by atoms with Crippen LogP contribution in [-0.4, -0.2) is 29.7 Å². The van der Waals surface area contributed by atoms with E-state index in [9.17, 15) is 27.6 Å². The second kappa shape index (κ2) is 6.99. The standard InChI is InChI=1S/C19H16F3N3O3/c1-12-7-5-6-10-14(12)25-16(27)18(19(20,21)22,24-17(25)28)23-15(26)11-13-8-3-2-4-9-13/h2-10H,11H2,1H3,(H,23,26)(H,24,28)/t18-/m0/s1. The second-order valence-corrected chi connectivity index (χ2v) is 6.32. The number of rotatable bonds is 4. The van der Waals surface area contributed by atoms with Crippen molar-refractivity contribution >= 4 is 23.5 Å². The Bertz CT molecular complexity index is 931. The van der Waals surface area contributed by atoms with Gasteiger partial charge in [-0.2, -0.15) is 13.2 Å². The highest BCUT2D eigenvalue weighted by molar-refractivity contribution is 6.24. The van der Waals surface area contributed by atoms with Crippen molar-refractivity contribution in [3.63, 3.8) is 0 Å². The Kier molecular flexibility index (Phi) is 4.84. The van der Waals surface area contributed by atoms with Gasteiger partial charge in [0.15, 0.2) is 0 Å². The minimum absolute atomic E-state index is 0.00781. The Morgan fingerprint density at radius 2 is 1.68 bits per heavy atom. The zero-order valence-corrected chi connectivity index (χ0v) is 14.7. The number of hydrogen-bond acceptors (Lipinski definition) is 3. The second-order valence-electron chi connectivity index (χ2n) is 6.32. The van der Waals surface area contributed by atoms with Crippen molar-refractivity contribution in [2.45, 2.75) is 25.2 Å². The number of urea groups is 1. The number of carbonyl (C=O) groups is 3. The highest BCUT2D eigenvalue weighted by Gasteiger charge is 2.69. The number of carbonyl (C=O) groups excluding carboxylic acids is 3. The van der Waals surface area contributed by atoms with E-state index in [2.05, 4.69) is 0 Å². The highest BCUT2D eigenvalue weighted by atomic mass is 19.4. The van der Waals surface area contributed by atoms with Crippen LogP contribution in [0.2, 0.25) is 0 Å². The van der Waals surface area contributed by atoms with E-state index in [0.717, 1.165) is 0 Å². The van der Waals surface area contributed by atoms with Gasteiger partial charge in [0.25, 0.3) is 11.6 Å². The molecule has 1 heterocycles. The summed E-state index contributed by atoms with van der Waals surface area (Å²) in [7, 11) is 0. The minimum atomic E-state index is -5.25. The lowest BCUT2D eigenvalue weighted by Gasteiger charge is -2.30. The van der Waals surface area contributed by atoms with Gasteiger partial charge in [-0.25, -0.2) is 9.69 Å². The molecular formula is C19H16F3N3O3. The van der Waals surface area contributed by atoms with Crippen molar-refractivity contribution in [3.8, 4) is 0 Å². The molecule has 1 aliphatic heterocycles. The van der Waals surface area contributed by atoms with Crippen molar-refractivity contribution < 1.29 is 27.6 Å². The number of para-hydroxylation sites is 1. The van der Waals surface area contributed by atoms with E-state index in [-0.39, 0.29) is 12.1 Å². The van der Waals surface area contributed by atoms with Gasteiger partial charge in [-0.3, -0.25) is 14.9 Å². The number of hydrogen-bond donors (Lipinski definition) is 2. The topological polar surface area (TPSA) is 78.5 Å². The summed E-state index contributed by atoms with van der Waals surface area (Å²) in [5.74, 6) is -2.66. The average molecular weight is 391 g/mol. The number of alkyl halides is 3. The summed E-state index contributed by atoms with van der Waals surface area (Å²) in [4.78, 5) is 37.7. The fraction of sp³-hybridized carbons (Fsp3) is 0.211. The smallest absolute Gasteiger partial charge is 0.318 e. The normalized spacial score (nSPS) is 19.5. The molecule has 1 fully saturated rings. The first kappa shape index (κ1) is 19.4. The van der Waals surface area contributed by atoms with Crippen molar-refractivity contribution in [3.05, 3.63) is 65.7 Å². The van der Waals surface area contributed by atoms with Crippen LogP contribution in [0.5, 0.6) is 0 Å². The Hall–Kier alpha value is -3.36. The maximum Gasteiger partial charge on any atom is 0.440 e. The molecule has 2 aromatic carbocycles. The first-order chi connectivity index (χ1) is 13.2. The number of benzene rings is 2. The van der Waals surface area contributed by atoms with Crippen LogP contribution in [0.4, 0.5) is 23.7 Å². The van der Waals surface area contributed by atoms with E-state index in [1.807, 2.05) is 0 Å². The summed E-state index contributed by atoms with van der Waals surface area (Å²) in [6.45, 7) is 1.55. The SMILES string of the molecule is Cc1ccccc1N1C(=O)N[C@](NC(=O)Cc2ccccc2)(C(F)(F)F)C1=O. The molecule has 0 saturated carbocycles. The zero-order chi connectivity index (χ0) is 20.5. The molecule has 146 valence electrons. The molecule has 2 aromatic rings. The molecular weight excluding hydrogens is 375 g/mol. The fourth-order valence-electron chi connectivity index (χ4n) is 2.95. The van der Waals surface area contributed by atoms with Gasteiger partial charge in [-0.1, -0.05) is 48.5 Å². The molecule has 0 spiro atoms. The molecule has 0 bridgehead atoms. The van der Waals surface area contributed by atoms with E-state index < -0.39 is 29.7 Å². The molecule has 1 saturated heterocycles. The molecule has 3 rings (SSSR count). The summed E-state index contributed by atoms with van der Waals surface area (Å²) < 4.78 is 41.6. The molecule has 0 radical (unpaired) electrons. The summed E-state index contributed by atoms with van der Waals surface area (Å²) >= 11 is 0. The van der Waals surface area contributed by atoms with Gasteiger partial charge in [0.05, 0.1) is 12.1 Å². The Morgan fingerprint density at radius 3 is 2.29 bits per heavy atom. The van der Waals surface area contributed by atoms with E-state index in [1.165, 1.54) is 12.1 Å². The molecule has 0 aromatic heterocycles. The Morgan fingerprint density at radius 1 is 1.07 bits per heavy atom. The van der Waals surface area contributed by atoms with E-state index in [0.29, 0.717) is 16.0 Å². The largest absolute Gasteiger partial charge is 0.440 e. The van der Waals surface area contributed by atoms with Crippen LogP contribution < -0.4 is 15.5 Å². The van der Waals surface area contributed by atoms with E-state index in [4.69, 9.17) is 0 Å². The van der Waals surface area contributed by atoms with Crippen LogP contribution in [0.15, 0.2) is 54.6 Å². The van der Waals surface area contributed by atoms with Crippen molar-refractivity contribution in [1.82, 2.24) is 10.6 Å². The summed E-state index contributed by atoms with van der Waals surface area (Å²) in [5, 5.41) is 3.32. The minimum Gasteiger partial charge on any atom is -0.318 e. The van der Waals surface area contributed by atoms with Crippen LogP contribution in [0.1, 0.15) is 11.1 Å². The third kappa shape index (κ3) is 3.30. The molecule has 0 aliphatic carbocycles. The number of imide groups is 1. The van der Waals surface area contributed by atoms with Crippen molar-refractivity contribution in [2.75, 3.05) is 4.90 Å². The summed E-state index contributed by atoms with van der Waals surface area (Å²) in [5.41, 5.74) is -2.63. The van der Waals surface area contributed by atoms with Gasteiger partial charge in [-0.05, 0) is 24.1 Å². The van der Waals surface area contributed by atoms with Gasteiger partial charge in [0.1, 0.15) is 0 Å². The van der Waals surface area contributed by atoms with Crippen LogP contribution in [0, 0.1) is 6.92 Å². The fourth-order valence-corrected chi connectivity index (χ4v) is 2.95. The lowest BCUT2D eigenvalue weighted by molar-refractivity contribution is -0.201. The number of amides is 4. The quantitative estimate of drug-likeness (QED) is 0.787. The van der Waals surface area contributed by atoms with Crippen molar-refractivity contribution in [1.29, 1.82) is 0 Å². The van der Waals surface area contributed by atoms with Crippen LogP contribution in [0.3, 0.4) is 0 Å².